The zero-order chi connectivity index (χ0) is 8.39. The topological polar surface area (TPSA) is 15.3 Å². The Morgan fingerprint density at radius 1 is 1.33 bits per heavy atom. The molecular weight excluding hydrogens is 148 g/mol. The lowest BCUT2D eigenvalue weighted by molar-refractivity contribution is 0.317. The van der Waals surface area contributed by atoms with Crippen LogP contribution >= 0.6 is 0 Å². The van der Waals surface area contributed by atoms with Crippen LogP contribution in [-0.2, 0) is 0 Å². The third kappa shape index (κ3) is 1.99. The van der Waals surface area contributed by atoms with Gasteiger partial charge in [-0.1, -0.05) is 6.92 Å². The molecule has 70 valence electrons. The first-order valence-corrected chi connectivity index (χ1v) is 5.37. The highest BCUT2D eigenvalue weighted by atomic mass is 15.2. The number of hydrogen-bond donors (Lipinski definition) is 1. The summed E-state index contributed by atoms with van der Waals surface area (Å²) in [5.41, 5.74) is 0. The van der Waals surface area contributed by atoms with Crippen molar-refractivity contribution in [3.63, 3.8) is 0 Å². The van der Waals surface area contributed by atoms with Gasteiger partial charge >= 0.3 is 0 Å². The minimum atomic E-state index is 0.797. The van der Waals surface area contributed by atoms with Crippen LogP contribution in [0.25, 0.3) is 0 Å². The Balaban J connectivity index is 1.67. The van der Waals surface area contributed by atoms with Crippen molar-refractivity contribution in [1.82, 2.24) is 10.2 Å². The fourth-order valence-corrected chi connectivity index (χ4v) is 2.07. The van der Waals surface area contributed by atoms with Crippen molar-refractivity contribution in [2.24, 2.45) is 0 Å². The van der Waals surface area contributed by atoms with Crippen LogP contribution in [0.3, 0.4) is 0 Å². The molecule has 0 aromatic carbocycles. The minimum Gasteiger partial charge on any atom is -0.313 e. The lowest BCUT2D eigenvalue weighted by Crippen LogP contribution is -2.33. The molecule has 1 saturated heterocycles. The Kier molecular flexibility index (Phi) is 2.66. The summed E-state index contributed by atoms with van der Waals surface area (Å²) in [5.74, 6) is 0. The first-order chi connectivity index (χ1) is 5.90. The van der Waals surface area contributed by atoms with E-state index < -0.39 is 0 Å². The van der Waals surface area contributed by atoms with E-state index in [2.05, 4.69) is 17.1 Å². The lowest BCUT2D eigenvalue weighted by Gasteiger charge is -2.15. The summed E-state index contributed by atoms with van der Waals surface area (Å²) < 4.78 is 0. The van der Waals surface area contributed by atoms with Crippen molar-refractivity contribution < 1.29 is 0 Å². The van der Waals surface area contributed by atoms with Gasteiger partial charge in [-0.25, -0.2) is 0 Å². The van der Waals surface area contributed by atoms with E-state index in [1.165, 1.54) is 45.3 Å². The van der Waals surface area contributed by atoms with Gasteiger partial charge in [0.2, 0.25) is 0 Å². The maximum Gasteiger partial charge on any atom is 0.0207 e. The monoisotopic (exact) mass is 168 g/mol. The summed E-state index contributed by atoms with van der Waals surface area (Å²) >= 11 is 0. The van der Waals surface area contributed by atoms with E-state index >= 15 is 0 Å². The average Bonchev–Trinajstić information content (AvgIpc) is 2.83. The molecule has 0 spiro atoms. The van der Waals surface area contributed by atoms with Crippen molar-refractivity contribution in [3.8, 4) is 0 Å². The Labute approximate surface area is 75.3 Å². The van der Waals surface area contributed by atoms with Crippen LogP contribution in [-0.4, -0.2) is 36.6 Å². The van der Waals surface area contributed by atoms with Crippen LogP contribution in [0.2, 0.25) is 0 Å². The molecular formula is C10H20N2. The maximum absolute atomic E-state index is 3.60. The van der Waals surface area contributed by atoms with Crippen LogP contribution < -0.4 is 5.32 Å². The van der Waals surface area contributed by atoms with Crippen LogP contribution in [0.4, 0.5) is 0 Å². The Bertz CT molecular complexity index is 143. The second kappa shape index (κ2) is 3.75. The zero-order valence-corrected chi connectivity index (χ0v) is 8.05. The molecule has 0 aromatic heterocycles. The third-order valence-electron chi connectivity index (χ3n) is 2.97. The minimum absolute atomic E-state index is 0.797. The number of nitrogens with zero attached hydrogens (tertiary/aromatic N) is 1. The second-order valence-electron chi connectivity index (χ2n) is 4.17. The number of hydrogen-bond acceptors (Lipinski definition) is 2. The van der Waals surface area contributed by atoms with Gasteiger partial charge in [-0.2, -0.15) is 0 Å². The van der Waals surface area contributed by atoms with Gasteiger partial charge in [-0.05, 0) is 32.2 Å². The molecule has 1 N–H and O–H groups in total. The van der Waals surface area contributed by atoms with E-state index in [4.69, 9.17) is 0 Å². The van der Waals surface area contributed by atoms with E-state index in [1.54, 1.807) is 0 Å². The largest absolute Gasteiger partial charge is 0.313 e. The van der Waals surface area contributed by atoms with E-state index in [0.717, 1.165) is 12.1 Å². The smallest absolute Gasteiger partial charge is 0.0207 e. The summed E-state index contributed by atoms with van der Waals surface area (Å²) in [5, 5.41) is 3.60. The molecule has 1 atom stereocenters. The SMILES string of the molecule is CCCNC1CCN(C2CC2)C1. The molecule has 2 aliphatic rings. The van der Waals surface area contributed by atoms with Crippen molar-refractivity contribution in [2.45, 2.75) is 44.7 Å². The summed E-state index contributed by atoms with van der Waals surface area (Å²) in [6.45, 7) is 6.08. The van der Waals surface area contributed by atoms with Gasteiger partial charge < -0.3 is 5.32 Å². The molecule has 1 aliphatic carbocycles. The summed E-state index contributed by atoms with van der Waals surface area (Å²) in [7, 11) is 0. The highest BCUT2D eigenvalue weighted by Gasteiger charge is 2.33. The Hall–Kier alpha value is -0.0800. The Morgan fingerprint density at radius 2 is 2.17 bits per heavy atom. The molecule has 0 bridgehead atoms. The van der Waals surface area contributed by atoms with Crippen molar-refractivity contribution in [3.05, 3.63) is 0 Å². The summed E-state index contributed by atoms with van der Waals surface area (Å²) in [6.07, 6.45) is 5.55. The molecule has 1 aliphatic heterocycles. The van der Waals surface area contributed by atoms with E-state index in [1.807, 2.05) is 0 Å². The van der Waals surface area contributed by atoms with Crippen LogP contribution in [0.15, 0.2) is 0 Å². The first-order valence-electron chi connectivity index (χ1n) is 5.37. The molecule has 2 fully saturated rings. The molecule has 1 unspecified atom stereocenters. The quantitative estimate of drug-likeness (QED) is 0.679. The van der Waals surface area contributed by atoms with Gasteiger partial charge in [0.15, 0.2) is 0 Å². The van der Waals surface area contributed by atoms with Gasteiger partial charge in [0, 0.05) is 25.2 Å². The van der Waals surface area contributed by atoms with Gasteiger partial charge in [0.25, 0.3) is 0 Å². The molecule has 2 nitrogen and oxygen atoms in total. The van der Waals surface area contributed by atoms with Gasteiger partial charge in [-0.15, -0.1) is 0 Å². The fourth-order valence-electron chi connectivity index (χ4n) is 2.07. The van der Waals surface area contributed by atoms with Gasteiger partial charge in [0.1, 0.15) is 0 Å². The number of likely N-dealkylation sites (tertiary alicyclic amines) is 1. The predicted octanol–water partition coefficient (Wildman–Crippen LogP) is 1.22. The molecule has 1 heterocycles. The number of nitrogens with one attached hydrogen (secondary N) is 1. The molecule has 1 saturated carbocycles. The molecule has 2 rings (SSSR count). The van der Waals surface area contributed by atoms with Crippen molar-refractivity contribution in [1.29, 1.82) is 0 Å². The standard InChI is InChI=1S/C10H20N2/c1-2-6-11-9-5-7-12(8-9)10-3-4-10/h9-11H,2-8H2,1H3. The molecule has 2 heteroatoms. The van der Waals surface area contributed by atoms with E-state index in [9.17, 15) is 0 Å². The first kappa shape index (κ1) is 8.52. The van der Waals surface area contributed by atoms with E-state index in [0.29, 0.717) is 0 Å². The number of rotatable bonds is 4. The van der Waals surface area contributed by atoms with Crippen LogP contribution in [0, 0.1) is 0 Å². The molecule has 0 radical (unpaired) electrons. The Morgan fingerprint density at radius 3 is 2.83 bits per heavy atom. The van der Waals surface area contributed by atoms with E-state index in [-0.39, 0.29) is 0 Å². The van der Waals surface area contributed by atoms with Crippen LogP contribution in [0.1, 0.15) is 32.6 Å². The van der Waals surface area contributed by atoms with Gasteiger partial charge in [-0.3, -0.25) is 4.90 Å². The van der Waals surface area contributed by atoms with Crippen molar-refractivity contribution >= 4 is 0 Å². The average molecular weight is 168 g/mol. The molecule has 12 heavy (non-hydrogen) atoms. The second-order valence-corrected chi connectivity index (χ2v) is 4.17. The van der Waals surface area contributed by atoms with Gasteiger partial charge in [0.05, 0.1) is 0 Å². The molecule has 0 amide bonds. The highest BCUT2D eigenvalue weighted by Crippen LogP contribution is 2.29. The predicted molar refractivity (Wildman–Crippen MR) is 51.3 cm³/mol. The van der Waals surface area contributed by atoms with Crippen LogP contribution in [0.5, 0.6) is 0 Å². The highest BCUT2D eigenvalue weighted by molar-refractivity contribution is 4.91. The third-order valence-corrected chi connectivity index (χ3v) is 2.97. The zero-order valence-electron chi connectivity index (χ0n) is 8.05. The summed E-state index contributed by atoms with van der Waals surface area (Å²) in [6, 6.07) is 1.77. The lowest BCUT2D eigenvalue weighted by atomic mass is 10.2. The maximum atomic E-state index is 3.60. The van der Waals surface area contributed by atoms with Crippen molar-refractivity contribution in [2.75, 3.05) is 19.6 Å². The normalized spacial score (nSPS) is 31.2. The fraction of sp³-hybridized carbons (Fsp3) is 1.00. The summed E-state index contributed by atoms with van der Waals surface area (Å²) in [4.78, 5) is 2.66. The molecule has 0 aromatic rings.